The Bertz CT molecular complexity index is 2920. The van der Waals surface area contributed by atoms with E-state index in [4.69, 9.17) is 9.47 Å². The molecular weight excluding hydrogens is 869 g/mol. The Kier molecular flexibility index (Phi) is 18.8. The molecule has 5 nitrogen and oxygen atoms in total. The Morgan fingerprint density at radius 3 is 1.41 bits per heavy atom. The second kappa shape index (κ2) is 24.7. The number of rotatable bonds is 11. The second-order valence-corrected chi connectivity index (χ2v) is 20.7. The third kappa shape index (κ3) is 14.0. The van der Waals surface area contributed by atoms with Gasteiger partial charge in [-0.25, -0.2) is 9.36 Å². The largest absolute Gasteiger partial charge is 0.494 e. The van der Waals surface area contributed by atoms with E-state index in [1.165, 1.54) is 106 Å². The molecule has 372 valence electrons. The molecule has 0 fully saturated rings. The summed E-state index contributed by atoms with van der Waals surface area (Å²) in [5.74, 6) is 0.661. The maximum absolute atomic E-state index is 12.4. The maximum atomic E-state index is 12.4. The molecule has 4 aliphatic carbocycles. The highest BCUT2D eigenvalue weighted by molar-refractivity contribution is 5.91. The molecule has 0 amide bonds. The number of esters is 1. The van der Waals surface area contributed by atoms with Crippen LogP contribution in [0.15, 0.2) is 163 Å². The van der Waals surface area contributed by atoms with E-state index in [0.717, 1.165) is 86.9 Å². The molecule has 8 rings (SSSR count). The molecule has 4 aromatic rings. The fourth-order valence-corrected chi connectivity index (χ4v) is 10.6. The van der Waals surface area contributed by atoms with Gasteiger partial charge >= 0.3 is 5.97 Å². The van der Waals surface area contributed by atoms with Crippen LogP contribution < -0.4 is 9.13 Å². The predicted octanol–water partition coefficient (Wildman–Crippen LogP) is 15.4. The van der Waals surface area contributed by atoms with Gasteiger partial charge in [0.05, 0.1) is 6.61 Å². The normalized spacial score (nSPS) is 15.5. The summed E-state index contributed by atoms with van der Waals surface area (Å²) >= 11 is 0. The van der Waals surface area contributed by atoms with Crippen LogP contribution in [0.25, 0.3) is 0 Å². The number of carbonyl (C=O) groups excluding carboxylic acids is 1. The number of hydrogen-bond acceptors (Lipinski definition) is 3. The van der Waals surface area contributed by atoms with Gasteiger partial charge in [-0.3, -0.25) is 0 Å². The van der Waals surface area contributed by atoms with Gasteiger partial charge in [-0.15, -0.1) is 11.5 Å². The molecule has 0 spiro atoms. The van der Waals surface area contributed by atoms with Crippen LogP contribution in [0.2, 0.25) is 0 Å². The Balaban J connectivity index is 0.000000178. The van der Waals surface area contributed by atoms with Crippen LogP contribution in [0.5, 0.6) is 0 Å². The summed E-state index contributed by atoms with van der Waals surface area (Å²) in [5, 5.41) is 0. The van der Waals surface area contributed by atoms with Gasteiger partial charge in [0.1, 0.15) is 18.9 Å². The maximum Gasteiger partial charge on any atom is 0.334 e. The Morgan fingerprint density at radius 2 is 0.930 bits per heavy atom. The van der Waals surface area contributed by atoms with E-state index in [2.05, 4.69) is 153 Å². The number of nitrogens with zero attached hydrogens (tertiary/aromatic N) is 2. The second-order valence-electron chi connectivity index (χ2n) is 20.7. The third-order valence-electron chi connectivity index (χ3n) is 15.3. The molecule has 0 bridgehead atoms. The molecular formula is C66H82N2O3+2. The van der Waals surface area contributed by atoms with Crippen LogP contribution in [0, 0.1) is 41.5 Å². The lowest BCUT2D eigenvalue weighted by Gasteiger charge is -2.14. The van der Waals surface area contributed by atoms with Crippen molar-refractivity contribution in [3.05, 3.63) is 220 Å². The molecule has 4 aliphatic rings. The molecule has 0 unspecified atom stereocenters. The van der Waals surface area contributed by atoms with E-state index in [0.29, 0.717) is 19.6 Å². The average molecular weight is 951 g/mol. The molecule has 71 heavy (non-hydrogen) atoms. The lowest BCUT2D eigenvalue weighted by molar-refractivity contribution is -0.705. The lowest BCUT2D eigenvalue weighted by Crippen LogP contribution is -2.42. The fraction of sp³-hybridized carbons (Fsp3) is 0.409. The Labute approximate surface area is 428 Å². The zero-order valence-electron chi connectivity index (χ0n) is 45.9. The number of hydrogen-bond donors (Lipinski definition) is 0. The first-order valence-corrected chi connectivity index (χ1v) is 26.0. The third-order valence-corrected chi connectivity index (χ3v) is 15.3. The standard InChI is InChI=1S/C26H34N2.C22H24O2.C18H24O/c1-8-27-18(2)14-25(20(4)22(27)6)16-26-15-19(3)28(23(7)21(26)5)17-24-12-10-9-11-13-24;1-15-9-19(10-16(15)2)12-20-11-17(3)21(13-20)22(23)24-14-18-7-5-4-6-8-18;1-6-19-15(5)18-11-17(9-14(18)4)10-16-7-12(2)13(3)8-16/h9-15H,8,16-17H2,1-7H3;4-8H,9-11,13-14H2,1-3H3;5-9,11H2,1-4H3/q+2;;. The number of aryl methyl sites for hydroxylation is 2. The fourth-order valence-electron chi connectivity index (χ4n) is 10.6. The van der Waals surface area contributed by atoms with E-state index in [1.807, 2.05) is 44.2 Å². The highest BCUT2D eigenvalue weighted by Gasteiger charge is 2.25. The minimum atomic E-state index is -0.185. The number of carbonyl (C=O) groups is 1. The smallest absolute Gasteiger partial charge is 0.334 e. The molecule has 0 radical (unpaired) electrons. The first kappa shape index (κ1) is 54.1. The summed E-state index contributed by atoms with van der Waals surface area (Å²) in [6, 6.07) is 25.3. The van der Waals surface area contributed by atoms with Gasteiger partial charge < -0.3 is 9.47 Å². The lowest BCUT2D eigenvalue weighted by atomic mass is 9.95. The van der Waals surface area contributed by atoms with Crippen LogP contribution in [0.4, 0.5) is 0 Å². The van der Waals surface area contributed by atoms with Crippen molar-refractivity contribution in [2.75, 3.05) is 6.61 Å². The van der Waals surface area contributed by atoms with Crippen molar-refractivity contribution in [3.63, 3.8) is 0 Å². The molecule has 2 aromatic carbocycles. The summed E-state index contributed by atoms with van der Waals surface area (Å²) < 4.78 is 15.9. The Hall–Kier alpha value is -6.25. The molecule has 2 heterocycles. The van der Waals surface area contributed by atoms with Crippen LogP contribution in [0.1, 0.15) is 163 Å². The summed E-state index contributed by atoms with van der Waals surface area (Å²) in [7, 11) is 0. The van der Waals surface area contributed by atoms with Gasteiger partial charge in [-0.2, -0.15) is 4.57 Å². The monoisotopic (exact) mass is 951 g/mol. The van der Waals surface area contributed by atoms with E-state index >= 15 is 0 Å². The van der Waals surface area contributed by atoms with Crippen LogP contribution in [-0.4, -0.2) is 12.6 Å². The van der Waals surface area contributed by atoms with Crippen molar-refractivity contribution in [3.8, 4) is 0 Å². The minimum Gasteiger partial charge on any atom is -0.494 e. The number of pyridine rings is 2. The van der Waals surface area contributed by atoms with Crippen molar-refractivity contribution in [2.45, 2.75) is 174 Å². The zero-order chi connectivity index (χ0) is 51.5. The van der Waals surface area contributed by atoms with Gasteiger partial charge in [0.15, 0.2) is 29.3 Å². The minimum absolute atomic E-state index is 0.185. The van der Waals surface area contributed by atoms with Gasteiger partial charge in [0.2, 0.25) is 0 Å². The topological polar surface area (TPSA) is 43.3 Å². The van der Waals surface area contributed by atoms with Gasteiger partial charge in [-0.05, 0) is 159 Å². The molecule has 0 aliphatic heterocycles. The molecule has 0 atom stereocenters. The van der Waals surface area contributed by atoms with Crippen LogP contribution in [0.3, 0.4) is 0 Å². The summed E-state index contributed by atoms with van der Waals surface area (Å²) in [6.07, 6.45) is 8.79. The van der Waals surface area contributed by atoms with Crippen molar-refractivity contribution in [1.29, 1.82) is 0 Å². The van der Waals surface area contributed by atoms with Crippen molar-refractivity contribution in [1.82, 2.24) is 0 Å². The first-order valence-electron chi connectivity index (χ1n) is 26.0. The van der Waals surface area contributed by atoms with Crippen LogP contribution >= 0.6 is 0 Å². The molecule has 2 aromatic heterocycles. The summed E-state index contributed by atoms with van der Waals surface area (Å²) in [6.45, 7) is 37.8. The highest BCUT2D eigenvalue weighted by atomic mass is 16.5. The van der Waals surface area contributed by atoms with E-state index < -0.39 is 0 Å². The van der Waals surface area contributed by atoms with Crippen molar-refractivity contribution in [2.24, 2.45) is 0 Å². The quantitative estimate of drug-likeness (QED) is 0.0495. The van der Waals surface area contributed by atoms with Gasteiger partial charge in [-0.1, -0.05) is 101 Å². The number of ether oxygens (including phenoxy) is 2. The summed E-state index contributed by atoms with van der Waals surface area (Å²) in [4.78, 5) is 12.4. The summed E-state index contributed by atoms with van der Waals surface area (Å²) in [5.41, 5.74) is 36.7. The van der Waals surface area contributed by atoms with E-state index in [-0.39, 0.29) is 5.97 Å². The van der Waals surface area contributed by atoms with E-state index in [9.17, 15) is 4.79 Å². The average Bonchev–Trinajstić information content (AvgIpc) is 4.09. The molecule has 5 heteroatoms. The van der Waals surface area contributed by atoms with Crippen molar-refractivity contribution >= 4 is 5.97 Å². The zero-order valence-corrected chi connectivity index (χ0v) is 45.9. The van der Waals surface area contributed by atoms with Gasteiger partial charge in [0, 0.05) is 74.9 Å². The highest BCUT2D eigenvalue weighted by Crippen LogP contribution is 2.37. The van der Waals surface area contributed by atoms with E-state index in [1.54, 1.807) is 0 Å². The van der Waals surface area contributed by atoms with Gasteiger partial charge in [0.25, 0.3) is 0 Å². The number of benzene rings is 2. The first-order chi connectivity index (χ1) is 33.9. The van der Waals surface area contributed by atoms with Crippen molar-refractivity contribution < 1.29 is 23.4 Å². The molecule has 0 N–H and O–H groups in total. The molecule has 0 saturated carbocycles. The Morgan fingerprint density at radius 1 is 0.521 bits per heavy atom. The van der Waals surface area contributed by atoms with Crippen LogP contribution in [-0.2, 0) is 40.4 Å². The molecule has 0 saturated heterocycles. The number of aromatic nitrogens is 2. The SMILES string of the molecule is C=C(OCC)C1=C(C)CC(=C=C2CC(C)=C(C)C2)C1.CC1=C(C)CC(=C=C2CC(C)=C(C(=O)OCc3ccccc3)C2)C1.CC[n+]1c(C)cc(Cc2cc(C)[n+](Cc3ccccc3)c(C)c2C)c(C)c1C. The predicted molar refractivity (Wildman–Crippen MR) is 293 cm³/mol. The number of allylic oxidation sites excluding steroid dienone is 9.